The molecule has 0 spiro atoms. The van der Waals surface area contributed by atoms with Gasteiger partial charge >= 0.3 is 0 Å². The van der Waals surface area contributed by atoms with Gasteiger partial charge in [0, 0.05) is 24.2 Å². The maximum atomic E-state index is 14.0. The molecule has 1 fully saturated rings. The van der Waals surface area contributed by atoms with Crippen molar-refractivity contribution in [2.75, 3.05) is 6.54 Å². The van der Waals surface area contributed by atoms with Crippen LogP contribution < -0.4 is 10.3 Å². The fourth-order valence-electron chi connectivity index (χ4n) is 5.89. The number of nitriles is 1. The monoisotopic (exact) mass is 534 g/mol. The van der Waals surface area contributed by atoms with Crippen molar-refractivity contribution < 1.29 is 4.74 Å². The fourth-order valence-corrected chi connectivity index (χ4v) is 5.89. The SMILES string of the molecule is C[C@@H]1CCC[C@H](C)N1CCCCCn1c(=O)c(-c2cc(C#N)ccc2OCc2ccccc2)nc2ccccc21. The summed E-state index contributed by atoms with van der Waals surface area (Å²) in [6.45, 7) is 6.79. The average Bonchev–Trinajstić information content (AvgIpc) is 2.98. The zero-order chi connectivity index (χ0) is 27.9. The number of piperidine rings is 1. The summed E-state index contributed by atoms with van der Waals surface area (Å²) in [5.41, 5.74) is 3.78. The largest absolute Gasteiger partial charge is 0.488 e. The van der Waals surface area contributed by atoms with Crippen molar-refractivity contribution in [3.63, 3.8) is 0 Å². The third-order valence-electron chi connectivity index (χ3n) is 8.13. The van der Waals surface area contributed by atoms with Gasteiger partial charge in [-0.25, -0.2) is 4.98 Å². The smallest absolute Gasteiger partial charge is 0.277 e. The average molecular weight is 535 g/mol. The highest BCUT2D eigenvalue weighted by Gasteiger charge is 2.24. The van der Waals surface area contributed by atoms with Gasteiger partial charge in [-0.1, -0.05) is 55.3 Å². The van der Waals surface area contributed by atoms with E-state index < -0.39 is 0 Å². The topological polar surface area (TPSA) is 71.2 Å². The molecule has 1 saturated heterocycles. The lowest BCUT2D eigenvalue weighted by atomic mass is 9.97. The molecule has 1 aromatic heterocycles. The number of hydrogen-bond acceptors (Lipinski definition) is 5. The van der Waals surface area contributed by atoms with Crippen molar-refractivity contribution >= 4 is 11.0 Å². The first kappa shape index (κ1) is 27.6. The molecule has 2 atom stereocenters. The molecule has 3 aromatic carbocycles. The van der Waals surface area contributed by atoms with Crippen LogP contribution in [0.3, 0.4) is 0 Å². The molecule has 6 nitrogen and oxygen atoms in total. The molecule has 6 heteroatoms. The van der Waals surface area contributed by atoms with Gasteiger partial charge in [-0.15, -0.1) is 0 Å². The van der Waals surface area contributed by atoms with Gasteiger partial charge in [0.15, 0.2) is 0 Å². The van der Waals surface area contributed by atoms with E-state index in [0.717, 1.165) is 42.4 Å². The minimum atomic E-state index is -0.156. The first-order chi connectivity index (χ1) is 19.5. The number of ether oxygens (including phenoxy) is 1. The Balaban J connectivity index is 1.40. The van der Waals surface area contributed by atoms with E-state index in [0.29, 0.717) is 47.8 Å². The Bertz CT molecular complexity index is 1530. The normalized spacial score (nSPS) is 17.5. The van der Waals surface area contributed by atoms with Crippen LogP contribution in [0.4, 0.5) is 0 Å². The molecule has 5 rings (SSSR count). The maximum Gasteiger partial charge on any atom is 0.277 e. The molecule has 0 radical (unpaired) electrons. The maximum absolute atomic E-state index is 14.0. The minimum Gasteiger partial charge on any atom is -0.488 e. The first-order valence-electron chi connectivity index (χ1n) is 14.5. The lowest BCUT2D eigenvalue weighted by Crippen LogP contribution is -2.44. The summed E-state index contributed by atoms with van der Waals surface area (Å²) in [4.78, 5) is 21.4. The molecule has 0 bridgehead atoms. The highest BCUT2D eigenvalue weighted by atomic mass is 16.5. The number of likely N-dealkylation sites (tertiary alicyclic amines) is 1. The van der Waals surface area contributed by atoms with Gasteiger partial charge in [0.25, 0.3) is 5.56 Å². The highest BCUT2D eigenvalue weighted by Crippen LogP contribution is 2.30. The van der Waals surface area contributed by atoms with E-state index in [1.54, 1.807) is 18.2 Å². The van der Waals surface area contributed by atoms with Crippen LogP contribution in [-0.4, -0.2) is 33.1 Å². The van der Waals surface area contributed by atoms with Crippen molar-refractivity contribution in [1.29, 1.82) is 5.26 Å². The van der Waals surface area contributed by atoms with Crippen molar-refractivity contribution in [3.8, 4) is 23.1 Å². The van der Waals surface area contributed by atoms with Crippen LogP contribution in [0.1, 0.15) is 63.5 Å². The molecule has 0 amide bonds. The molecule has 0 aliphatic carbocycles. The van der Waals surface area contributed by atoms with E-state index in [-0.39, 0.29) is 5.56 Å². The van der Waals surface area contributed by atoms with E-state index in [9.17, 15) is 10.1 Å². The molecule has 0 unspecified atom stereocenters. The number of fused-ring (bicyclic) bond motifs is 1. The second-order valence-corrected chi connectivity index (χ2v) is 10.9. The van der Waals surface area contributed by atoms with E-state index in [2.05, 4.69) is 24.8 Å². The number of hydrogen-bond donors (Lipinski definition) is 0. The Morgan fingerprint density at radius 1 is 0.925 bits per heavy atom. The minimum absolute atomic E-state index is 0.156. The lowest BCUT2D eigenvalue weighted by molar-refractivity contribution is 0.101. The predicted molar refractivity (Wildman–Crippen MR) is 160 cm³/mol. The summed E-state index contributed by atoms with van der Waals surface area (Å²) < 4.78 is 8.02. The molecule has 2 heterocycles. The van der Waals surface area contributed by atoms with Crippen LogP contribution in [-0.2, 0) is 13.2 Å². The standard InChI is InChI=1S/C34H38N4O2/c1-25-12-11-13-26(2)37(25)20-9-4-10-21-38-31-17-8-7-16-30(31)36-33(34(38)39)29-22-28(23-35)18-19-32(29)40-24-27-14-5-3-6-15-27/h3,5-8,14-19,22,25-26H,4,9-13,20-21,24H2,1-2H3/t25-,26+. The number of nitrogens with zero attached hydrogens (tertiary/aromatic N) is 4. The molecular formula is C34H38N4O2. The van der Waals surface area contributed by atoms with Gasteiger partial charge in [0.2, 0.25) is 0 Å². The summed E-state index contributed by atoms with van der Waals surface area (Å²) in [7, 11) is 0. The molecule has 1 aliphatic rings. The summed E-state index contributed by atoms with van der Waals surface area (Å²) >= 11 is 0. The highest BCUT2D eigenvalue weighted by molar-refractivity contribution is 5.79. The summed E-state index contributed by atoms with van der Waals surface area (Å²) in [6.07, 6.45) is 7.00. The van der Waals surface area contributed by atoms with Crippen molar-refractivity contribution in [1.82, 2.24) is 14.5 Å². The number of para-hydroxylation sites is 2. The van der Waals surface area contributed by atoms with Crippen molar-refractivity contribution in [3.05, 3.63) is 94.3 Å². The summed E-state index contributed by atoms with van der Waals surface area (Å²) in [5.74, 6) is 0.541. The molecule has 1 aliphatic heterocycles. The zero-order valence-corrected chi connectivity index (χ0v) is 23.6. The van der Waals surface area contributed by atoms with Crippen LogP contribution in [0.15, 0.2) is 77.6 Å². The molecule has 40 heavy (non-hydrogen) atoms. The second kappa shape index (κ2) is 12.9. The number of aromatic nitrogens is 2. The van der Waals surface area contributed by atoms with Crippen LogP contribution >= 0.6 is 0 Å². The van der Waals surface area contributed by atoms with Crippen LogP contribution in [0.5, 0.6) is 5.75 Å². The number of rotatable bonds is 10. The second-order valence-electron chi connectivity index (χ2n) is 10.9. The third kappa shape index (κ3) is 6.26. The Kier molecular flexibility index (Phi) is 8.93. The zero-order valence-electron chi connectivity index (χ0n) is 23.6. The summed E-state index contributed by atoms with van der Waals surface area (Å²) in [6, 6.07) is 26.4. The number of aryl methyl sites for hydroxylation is 1. The van der Waals surface area contributed by atoms with Gasteiger partial charge < -0.3 is 9.30 Å². The van der Waals surface area contributed by atoms with Crippen LogP contribution in [0, 0.1) is 11.3 Å². The number of benzene rings is 3. The van der Waals surface area contributed by atoms with Gasteiger partial charge in [-0.3, -0.25) is 9.69 Å². The van der Waals surface area contributed by atoms with Crippen molar-refractivity contribution in [2.45, 2.75) is 77.6 Å². The number of unbranched alkanes of at least 4 members (excludes halogenated alkanes) is 2. The van der Waals surface area contributed by atoms with E-state index in [1.807, 2.05) is 59.2 Å². The van der Waals surface area contributed by atoms with Gasteiger partial charge in [0.05, 0.1) is 22.7 Å². The molecule has 0 N–H and O–H groups in total. The van der Waals surface area contributed by atoms with E-state index in [4.69, 9.17) is 9.72 Å². The predicted octanol–water partition coefficient (Wildman–Crippen LogP) is 6.95. The summed E-state index contributed by atoms with van der Waals surface area (Å²) in [5, 5.41) is 9.60. The first-order valence-corrected chi connectivity index (χ1v) is 14.5. The molecule has 0 saturated carbocycles. The van der Waals surface area contributed by atoms with Gasteiger partial charge in [-0.05, 0) is 82.0 Å². The Morgan fingerprint density at radius 2 is 1.65 bits per heavy atom. The Morgan fingerprint density at radius 3 is 2.42 bits per heavy atom. The molecule has 4 aromatic rings. The fraction of sp³-hybridized carbons (Fsp3) is 0.382. The van der Waals surface area contributed by atoms with E-state index >= 15 is 0 Å². The Hall–Kier alpha value is -3.95. The molecular weight excluding hydrogens is 496 g/mol. The van der Waals surface area contributed by atoms with E-state index in [1.165, 1.54) is 19.3 Å². The third-order valence-corrected chi connectivity index (χ3v) is 8.13. The lowest BCUT2D eigenvalue weighted by Gasteiger charge is -2.39. The Labute approximate surface area is 236 Å². The van der Waals surface area contributed by atoms with Crippen LogP contribution in [0.2, 0.25) is 0 Å². The van der Waals surface area contributed by atoms with Gasteiger partial charge in [-0.2, -0.15) is 5.26 Å². The molecule has 206 valence electrons. The quantitative estimate of drug-likeness (QED) is 0.206. The van der Waals surface area contributed by atoms with Gasteiger partial charge in [0.1, 0.15) is 18.1 Å². The van der Waals surface area contributed by atoms with Crippen LogP contribution in [0.25, 0.3) is 22.3 Å². The van der Waals surface area contributed by atoms with Crippen molar-refractivity contribution in [2.24, 2.45) is 0 Å².